The molecule has 136 valence electrons. The Kier molecular flexibility index (Phi) is 4.88. The molecule has 0 radical (unpaired) electrons. The molecule has 0 atom stereocenters. The number of carbonyl (C=O) groups excluding carboxylic acids is 2. The van der Waals surface area contributed by atoms with E-state index in [9.17, 15) is 9.59 Å². The van der Waals surface area contributed by atoms with Crippen molar-refractivity contribution in [2.45, 2.75) is 12.8 Å². The van der Waals surface area contributed by atoms with Crippen molar-refractivity contribution < 1.29 is 9.59 Å². The summed E-state index contributed by atoms with van der Waals surface area (Å²) in [5.41, 5.74) is 2.13. The molecule has 0 bridgehead atoms. The molecular formula is C19H17N5O2S. The minimum absolute atomic E-state index is 0.0206. The van der Waals surface area contributed by atoms with E-state index in [0.29, 0.717) is 42.2 Å². The fraction of sp³-hybridized carbons (Fsp3) is 0.211. The molecule has 3 aromatic heterocycles. The molecule has 8 heteroatoms. The van der Waals surface area contributed by atoms with Gasteiger partial charge < -0.3 is 10.2 Å². The van der Waals surface area contributed by atoms with Gasteiger partial charge in [0.05, 0.1) is 23.1 Å². The Morgan fingerprint density at radius 2 is 1.81 bits per heavy atom. The van der Waals surface area contributed by atoms with Crippen LogP contribution in [-0.2, 0) is 12.8 Å². The van der Waals surface area contributed by atoms with Gasteiger partial charge in [0.15, 0.2) is 5.01 Å². The second-order valence-corrected chi connectivity index (χ2v) is 7.20. The molecule has 7 nitrogen and oxygen atoms in total. The first-order valence-corrected chi connectivity index (χ1v) is 9.41. The third-order valence-electron chi connectivity index (χ3n) is 4.31. The number of rotatable bonds is 3. The standard InChI is InChI=1S/C19H17N5O2S/c25-17(22-14-4-2-8-21-12-14)18-23-15-5-9-24(10-6-16(15)27-18)19(26)13-3-1-7-20-11-13/h1-4,7-8,11-12H,5-6,9-10H2,(H,22,25). The number of anilines is 1. The number of fused-ring (bicyclic) bond motifs is 1. The normalized spacial score (nSPS) is 13.6. The van der Waals surface area contributed by atoms with Gasteiger partial charge in [-0.2, -0.15) is 0 Å². The molecule has 1 aliphatic heterocycles. The molecule has 0 spiro atoms. The summed E-state index contributed by atoms with van der Waals surface area (Å²) < 4.78 is 0. The number of hydrogen-bond donors (Lipinski definition) is 1. The van der Waals surface area contributed by atoms with E-state index in [-0.39, 0.29) is 11.8 Å². The smallest absolute Gasteiger partial charge is 0.284 e. The Balaban J connectivity index is 1.44. The Hall–Kier alpha value is -3.13. The summed E-state index contributed by atoms with van der Waals surface area (Å²) >= 11 is 1.39. The van der Waals surface area contributed by atoms with E-state index in [0.717, 1.165) is 10.6 Å². The minimum atomic E-state index is -0.232. The maximum atomic E-state index is 12.6. The van der Waals surface area contributed by atoms with Gasteiger partial charge in [0.2, 0.25) is 0 Å². The van der Waals surface area contributed by atoms with Crippen LogP contribution in [0, 0.1) is 0 Å². The summed E-state index contributed by atoms with van der Waals surface area (Å²) in [6.07, 6.45) is 7.82. The molecule has 0 fully saturated rings. The second kappa shape index (κ2) is 7.63. The Morgan fingerprint density at radius 3 is 2.56 bits per heavy atom. The lowest BCUT2D eigenvalue weighted by Crippen LogP contribution is -2.33. The van der Waals surface area contributed by atoms with Crippen LogP contribution in [0.25, 0.3) is 0 Å². The van der Waals surface area contributed by atoms with Gasteiger partial charge >= 0.3 is 0 Å². The molecule has 0 aliphatic carbocycles. The minimum Gasteiger partial charge on any atom is -0.338 e. The third kappa shape index (κ3) is 3.85. The fourth-order valence-electron chi connectivity index (χ4n) is 2.96. The van der Waals surface area contributed by atoms with Gasteiger partial charge in [-0.25, -0.2) is 4.98 Å². The van der Waals surface area contributed by atoms with Crippen LogP contribution in [0.2, 0.25) is 0 Å². The summed E-state index contributed by atoms with van der Waals surface area (Å²) in [5.74, 6) is -0.253. The van der Waals surface area contributed by atoms with Crippen LogP contribution in [0.3, 0.4) is 0 Å². The van der Waals surface area contributed by atoms with Crippen molar-refractivity contribution in [3.8, 4) is 0 Å². The second-order valence-electron chi connectivity index (χ2n) is 6.12. The molecule has 1 N–H and O–H groups in total. The molecule has 3 aromatic rings. The van der Waals surface area contributed by atoms with Crippen molar-refractivity contribution in [2.75, 3.05) is 18.4 Å². The summed E-state index contributed by atoms with van der Waals surface area (Å²) in [7, 11) is 0. The molecule has 1 aliphatic rings. The molecule has 4 heterocycles. The van der Waals surface area contributed by atoms with Gasteiger partial charge in [-0.15, -0.1) is 11.3 Å². The quantitative estimate of drug-likeness (QED) is 0.755. The number of aromatic nitrogens is 3. The first-order valence-electron chi connectivity index (χ1n) is 8.60. The maximum absolute atomic E-state index is 12.6. The highest BCUT2D eigenvalue weighted by Crippen LogP contribution is 2.24. The average molecular weight is 379 g/mol. The van der Waals surface area contributed by atoms with Gasteiger partial charge in [-0.1, -0.05) is 0 Å². The van der Waals surface area contributed by atoms with Gasteiger partial charge in [-0.05, 0) is 24.3 Å². The number of thiazole rings is 1. The topological polar surface area (TPSA) is 88.1 Å². The Morgan fingerprint density at radius 1 is 1.04 bits per heavy atom. The number of carbonyl (C=O) groups is 2. The largest absolute Gasteiger partial charge is 0.338 e. The predicted octanol–water partition coefficient (Wildman–Crippen LogP) is 2.43. The molecule has 0 aromatic carbocycles. The monoisotopic (exact) mass is 379 g/mol. The van der Waals surface area contributed by atoms with Gasteiger partial charge in [0.1, 0.15) is 0 Å². The van der Waals surface area contributed by atoms with Crippen LogP contribution in [0.1, 0.15) is 30.7 Å². The van der Waals surface area contributed by atoms with Gasteiger partial charge in [0, 0.05) is 49.4 Å². The van der Waals surface area contributed by atoms with E-state index in [2.05, 4.69) is 20.3 Å². The van der Waals surface area contributed by atoms with Crippen molar-refractivity contribution in [1.29, 1.82) is 0 Å². The lowest BCUT2D eigenvalue weighted by Gasteiger charge is -2.20. The molecule has 4 rings (SSSR count). The highest BCUT2D eigenvalue weighted by molar-refractivity contribution is 7.13. The number of nitrogens with zero attached hydrogens (tertiary/aromatic N) is 4. The van der Waals surface area contributed by atoms with Crippen molar-refractivity contribution in [3.05, 3.63) is 70.2 Å². The molecule has 27 heavy (non-hydrogen) atoms. The Bertz CT molecular complexity index is 933. The summed E-state index contributed by atoms with van der Waals surface area (Å²) in [5, 5.41) is 3.25. The van der Waals surface area contributed by atoms with Crippen LogP contribution in [0.5, 0.6) is 0 Å². The van der Waals surface area contributed by atoms with Crippen LogP contribution in [0.15, 0.2) is 49.1 Å². The maximum Gasteiger partial charge on any atom is 0.284 e. The van der Waals surface area contributed by atoms with Gasteiger partial charge in [0.25, 0.3) is 11.8 Å². The SMILES string of the molecule is O=C(Nc1cccnc1)c1nc2c(s1)CCN(C(=O)c1cccnc1)CC2. The zero-order chi connectivity index (χ0) is 18.6. The van der Waals surface area contributed by atoms with Crippen LogP contribution < -0.4 is 5.32 Å². The molecule has 2 amide bonds. The highest BCUT2D eigenvalue weighted by Gasteiger charge is 2.24. The van der Waals surface area contributed by atoms with Crippen molar-refractivity contribution >= 4 is 28.8 Å². The number of hydrogen-bond acceptors (Lipinski definition) is 6. The summed E-state index contributed by atoms with van der Waals surface area (Å²) in [6.45, 7) is 1.18. The van der Waals surface area contributed by atoms with Crippen LogP contribution in [-0.4, -0.2) is 44.8 Å². The predicted molar refractivity (Wildman–Crippen MR) is 102 cm³/mol. The zero-order valence-corrected chi connectivity index (χ0v) is 15.3. The first kappa shape index (κ1) is 17.3. The molecule has 0 saturated carbocycles. The zero-order valence-electron chi connectivity index (χ0n) is 14.5. The Labute approximate surface area is 160 Å². The van der Waals surface area contributed by atoms with Crippen molar-refractivity contribution in [1.82, 2.24) is 19.9 Å². The van der Waals surface area contributed by atoms with E-state index in [4.69, 9.17) is 0 Å². The number of nitrogens with one attached hydrogen (secondary N) is 1. The number of amides is 2. The third-order valence-corrected chi connectivity index (χ3v) is 5.47. The molecular weight excluding hydrogens is 362 g/mol. The van der Waals surface area contributed by atoms with Gasteiger partial charge in [-0.3, -0.25) is 19.6 Å². The molecule has 0 saturated heterocycles. The van der Waals surface area contributed by atoms with E-state index in [1.807, 2.05) is 4.90 Å². The van der Waals surface area contributed by atoms with Crippen molar-refractivity contribution in [3.63, 3.8) is 0 Å². The lowest BCUT2D eigenvalue weighted by atomic mass is 10.2. The average Bonchev–Trinajstić information content (AvgIpc) is 3.02. The van der Waals surface area contributed by atoms with Crippen LogP contribution in [0.4, 0.5) is 5.69 Å². The summed E-state index contributed by atoms with van der Waals surface area (Å²) in [6, 6.07) is 7.08. The van der Waals surface area contributed by atoms with Crippen LogP contribution >= 0.6 is 11.3 Å². The first-order chi connectivity index (χ1) is 13.2. The van der Waals surface area contributed by atoms with E-state index >= 15 is 0 Å². The number of pyridine rings is 2. The van der Waals surface area contributed by atoms with E-state index in [1.165, 1.54) is 11.3 Å². The van der Waals surface area contributed by atoms with E-state index < -0.39 is 0 Å². The van der Waals surface area contributed by atoms with E-state index in [1.54, 1.807) is 49.1 Å². The lowest BCUT2D eigenvalue weighted by molar-refractivity contribution is 0.0762. The van der Waals surface area contributed by atoms with Crippen molar-refractivity contribution in [2.24, 2.45) is 0 Å². The summed E-state index contributed by atoms with van der Waals surface area (Å²) in [4.78, 5) is 40.4. The fourth-order valence-corrected chi connectivity index (χ4v) is 3.95. The molecule has 0 unspecified atom stereocenters. The highest BCUT2D eigenvalue weighted by atomic mass is 32.1.